The molecule has 0 aliphatic rings. The van der Waals surface area contributed by atoms with Gasteiger partial charge in [0.2, 0.25) is 0 Å². The Morgan fingerprint density at radius 1 is 1.22 bits per heavy atom. The Labute approximate surface area is 114 Å². The molecule has 0 spiro atoms. The summed E-state index contributed by atoms with van der Waals surface area (Å²) in [7, 11) is 0. The third kappa shape index (κ3) is 3.61. The maximum absolute atomic E-state index is 10.5. The van der Waals surface area contributed by atoms with Crippen LogP contribution >= 0.6 is 23.7 Å². The van der Waals surface area contributed by atoms with Gasteiger partial charge in [-0.3, -0.25) is 10.1 Å². The van der Waals surface area contributed by atoms with Crippen LogP contribution in [0, 0.1) is 10.1 Å². The molecule has 96 valence electrons. The van der Waals surface area contributed by atoms with E-state index in [-0.39, 0.29) is 22.3 Å². The van der Waals surface area contributed by atoms with E-state index in [9.17, 15) is 10.1 Å². The molecule has 0 saturated heterocycles. The van der Waals surface area contributed by atoms with E-state index in [4.69, 9.17) is 5.73 Å². The molecule has 1 heterocycles. The van der Waals surface area contributed by atoms with E-state index in [0.717, 1.165) is 10.6 Å². The van der Waals surface area contributed by atoms with Gasteiger partial charge >= 0.3 is 5.00 Å². The van der Waals surface area contributed by atoms with Gasteiger partial charge in [-0.15, -0.1) is 12.4 Å². The number of hydrogen-bond acceptors (Lipinski definition) is 5. The molecular weight excluding hydrogens is 274 g/mol. The molecule has 0 saturated carbocycles. The first-order valence-electron chi connectivity index (χ1n) is 4.97. The lowest BCUT2D eigenvalue weighted by Gasteiger charge is -2.04. The first kappa shape index (κ1) is 14.3. The average molecular weight is 286 g/mol. The topological polar surface area (TPSA) is 81.2 Å². The molecule has 0 fully saturated rings. The third-order valence-corrected chi connectivity index (χ3v) is 3.24. The van der Waals surface area contributed by atoms with Gasteiger partial charge in [-0.1, -0.05) is 11.3 Å². The molecule has 1 aromatic carbocycles. The summed E-state index contributed by atoms with van der Waals surface area (Å²) >= 11 is 1.18. The summed E-state index contributed by atoms with van der Waals surface area (Å²) in [6.07, 6.45) is 0. The number of halogens is 1. The van der Waals surface area contributed by atoms with Gasteiger partial charge < -0.3 is 11.1 Å². The van der Waals surface area contributed by atoms with Crippen molar-refractivity contribution in [3.8, 4) is 0 Å². The fourth-order valence-corrected chi connectivity index (χ4v) is 2.11. The van der Waals surface area contributed by atoms with Gasteiger partial charge in [0, 0.05) is 28.9 Å². The number of benzene rings is 1. The minimum absolute atomic E-state index is 0. The van der Waals surface area contributed by atoms with Crippen molar-refractivity contribution in [2.45, 2.75) is 6.54 Å². The summed E-state index contributed by atoms with van der Waals surface area (Å²) in [6.45, 7) is 0.572. The van der Waals surface area contributed by atoms with E-state index in [1.165, 1.54) is 17.4 Å². The van der Waals surface area contributed by atoms with Gasteiger partial charge in [0.25, 0.3) is 0 Å². The first-order valence-corrected chi connectivity index (χ1v) is 5.79. The Morgan fingerprint density at radius 2 is 1.89 bits per heavy atom. The molecule has 3 N–H and O–H groups in total. The smallest absolute Gasteiger partial charge is 0.324 e. The Bertz CT molecular complexity index is 527. The third-order valence-electron chi connectivity index (χ3n) is 2.20. The summed E-state index contributed by atoms with van der Waals surface area (Å²) in [6, 6.07) is 10.6. The van der Waals surface area contributed by atoms with Crippen molar-refractivity contribution in [1.82, 2.24) is 0 Å². The van der Waals surface area contributed by atoms with Crippen molar-refractivity contribution < 1.29 is 4.92 Å². The number of hydrogen-bond donors (Lipinski definition) is 2. The maximum Gasteiger partial charge on any atom is 0.324 e. The molecule has 0 radical (unpaired) electrons. The predicted octanol–water partition coefficient (Wildman–Crippen LogP) is 3.27. The molecule has 5 nitrogen and oxygen atoms in total. The van der Waals surface area contributed by atoms with Crippen LogP contribution in [-0.2, 0) is 6.54 Å². The Kier molecular flexibility index (Phi) is 4.94. The molecule has 1 aromatic heterocycles. The highest BCUT2D eigenvalue weighted by Gasteiger charge is 2.08. The van der Waals surface area contributed by atoms with Gasteiger partial charge in [0.1, 0.15) is 0 Å². The van der Waals surface area contributed by atoms with Gasteiger partial charge in [0.05, 0.1) is 4.92 Å². The molecule has 0 aliphatic heterocycles. The lowest BCUT2D eigenvalue weighted by Crippen LogP contribution is -1.97. The summed E-state index contributed by atoms with van der Waals surface area (Å²) in [5.41, 5.74) is 7.22. The second-order valence-electron chi connectivity index (χ2n) is 3.47. The largest absolute Gasteiger partial charge is 0.399 e. The SMILES string of the molecule is Cl.Nc1ccc(NCc2ccc([N+](=O)[O-])s2)cc1. The van der Waals surface area contributed by atoms with E-state index < -0.39 is 0 Å². The number of thiophene rings is 1. The Morgan fingerprint density at radius 3 is 2.44 bits per heavy atom. The second kappa shape index (κ2) is 6.23. The number of anilines is 2. The fourth-order valence-electron chi connectivity index (χ4n) is 1.35. The molecule has 0 atom stereocenters. The van der Waals surface area contributed by atoms with Crippen LogP contribution in [0.3, 0.4) is 0 Å². The number of nitrogens with two attached hydrogens (primary N) is 1. The number of rotatable bonds is 4. The fraction of sp³-hybridized carbons (Fsp3) is 0.0909. The zero-order valence-corrected chi connectivity index (χ0v) is 11.0. The quantitative estimate of drug-likeness (QED) is 0.513. The number of nitrogen functional groups attached to an aromatic ring is 1. The van der Waals surface area contributed by atoms with Crippen LogP contribution in [0.4, 0.5) is 16.4 Å². The Balaban J connectivity index is 0.00000162. The van der Waals surface area contributed by atoms with E-state index in [1.807, 2.05) is 12.1 Å². The first-order chi connectivity index (χ1) is 8.15. The zero-order chi connectivity index (χ0) is 12.3. The van der Waals surface area contributed by atoms with E-state index in [0.29, 0.717) is 12.2 Å². The van der Waals surface area contributed by atoms with Crippen molar-refractivity contribution in [2.75, 3.05) is 11.1 Å². The molecule has 7 heteroatoms. The maximum atomic E-state index is 10.5. The molecule has 0 unspecified atom stereocenters. The highest BCUT2D eigenvalue weighted by atomic mass is 35.5. The van der Waals surface area contributed by atoms with Gasteiger partial charge in [-0.05, 0) is 30.3 Å². The number of nitrogens with zero attached hydrogens (tertiary/aromatic N) is 1. The standard InChI is InChI=1S/C11H11N3O2S.ClH/c12-8-1-3-9(4-2-8)13-7-10-5-6-11(17-10)14(15)16;/h1-6,13H,7,12H2;1H. The van der Waals surface area contributed by atoms with Gasteiger partial charge in [0.15, 0.2) is 0 Å². The highest BCUT2D eigenvalue weighted by molar-refractivity contribution is 7.15. The van der Waals surface area contributed by atoms with Crippen molar-refractivity contribution in [2.24, 2.45) is 0 Å². The highest BCUT2D eigenvalue weighted by Crippen LogP contribution is 2.24. The van der Waals surface area contributed by atoms with Crippen molar-refractivity contribution in [3.63, 3.8) is 0 Å². The molecule has 0 amide bonds. The van der Waals surface area contributed by atoms with Crippen LogP contribution in [0.25, 0.3) is 0 Å². The normalized spacial score (nSPS) is 9.56. The number of nitro groups is 1. The van der Waals surface area contributed by atoms with Crippen molar-refractivity contribution in [1.29, 1.82) is 0 Å². The monoisotopic (exact) mass is 285 g/mol. The molecule has 2 aromatic rings. The van der Waals surface area contributed by atoms with Crippen LogP contribution in [0.1, 0.15) is 4.88 Å². The molecular formula is C11H12ClN3O2S. The minimum atomic E-state index is -0.378. The van der Waals surface area contributed by atoms with E-state index >= 15 is 0 Å². The summed E-state index contributed by atoms with van der Waals surface area (Å²) in [5.74, 6) is 0. The van der Waals surface area contributed by atoms with Crippen LogP contribution in [0.2, 0.25) is 0 Å². The minimum Gasteiger partial charge on any atom is -0.399 e. The van der Waals surface area contributed by atoms with Crippen LogP contribution in [-0.4, -0.2) is 4.92 Å². The molecule has 0 bridgehead atoms. The van der Waals surface area contributed by atoms with E-state index in [2.05, 4.69) is 5.32 Å². The lowest BCUT2D eigenvalue weighted by molar-refractivity contribution is -0.380. The van der Waals surface area contributed by atoms with E-state index in [1.54, 1.807) is 18.2 Å². The van der Waals surface area contributed by atoms with Crippen LogP contribution in [0.5, 0.6) is 0 Å². The summed E-state index contributed by atoms with van der Waals surface area (Å²) in [5, 5.41) is 13.8. The summed E-state index contributed by atoms with van der Waals surface area (Å²) in [4.78, 5) is 11.1. The molecule has 0 aliphatic carbocycles. The van der Waals surface area contributed by atoms with Crippen molar-refractivity contribution in [3.05, 3.63) is 51.4 Å². The number of nitrogens with one attached hydrogen (secondary N) is 1. The molecule has 18 heavy (non-hydrogen) atoms. The average Bonchev–Trinajstić information content (AvgIpc) is 2.77. The predicted molar refractivity (Wildman–Crippen MR) is 76.4 cm³/mol. The Hall–Kier alpha value is -1.79. The van der Waals surface area contributed by atoms with Gasteiger partial charge in [-0.2, -0.15) is 0 Å². The molecule has 2 rings (SSSR count). The lowest BCUT2D eigenvalue weighted by atomic mass is 10.3. The van der Waals surface area contributed by atoms with Crippen LogP contribution < -0.4 is 11.1 Å². The second-order valence-corrected chi connectivity index (χ2v) is 4.62. The van der Waals surface area contributed by atoms with Gasteiger partial charge in [-0.25, -0.2) is 0 Å². The van der Waals surface area contributed by atoms with Crippen molar-refractivity contribution >= 4 is 40.1 Å². The summed E-state index contributed by atoms with van der Waals surface area (Å²) < 4.78 is 0. The zero-order valence-electron chi connectivity index (χ0n) is 9.33. The van der Waals surface area contributed by atoms with Crippen LogP contribution in [0.15, 0.2) is 36.4 Å².